The number of furan rings is 1. The molecule has 4 heteroatoms. The summed E-state index contributed by atoms with van der Waals surface area (Å²) in [6.07, 6.45) is 4.27. The van der Waals surface area contributed by atoms with Crippen LogP contribution in [0.3, 0.4) is 0 Å². The predicted molar refractivity (Wildman–Crippen MR) is 63.9 cm³/mol. The summed E-state index contributed by atoms with van der Waals surface area (Å²) < 4.78 is 9.98. The van der Waals surface area contributed by atoms with Crippen LogP contribution in [0.1, 0.15) is 48.1 Å². The van der Waals surface area contributed by atoms with E-state index in [0.717, 1.165) is 12.3 Å². The van der Waals surface area contributed by atoms with E-state index in [1.54, 1.807) is 12.1 Å². The Morgan fingerprint density at radius 2 is 2.28 bits per heavy atom. The van der Waals surface area contributed by atoms with E-state index in [9.17, 15) is 9.90 Å². The van der Waals surface area contributed by atoms with Gasteiger partial charge < -0.3 is 14.3 Å². The molecule has 0 aromatic carbocycles. The molecule has 4 nitrogen and oxygen atoms in total. The molecule has 0 aliphatic heterocycles. The number of hydrogen-bond donors (Lipinski definition) is 1. The number of ether oxygens (including phenoxy) is 1. The van der Waals surface area contributed by atoms with Gasteiger partial charge in [0.05, 0.1) is 7.11 Å². The van der Waals surface area contributed by atoms with Gasteiger partial charge in [0.2, 0.25) is 5.76 Å². The lowest BCUT2D eigenvalue weighted by Crippen LogP contribution is -2.18. The van der Waals surface area contributed by atoms with Crippen LogP contribution in [-0.2, 0) is 4.74 Å². The predicted octanol–water partition coefficient (Wildman–Crippen LogP) is 2.54. The van der Waals surface area contributed by atoms with Crippen molar-refractivity contribution in [1.29, 1.82) is 0 Å². The molecule has 4 unspecified atom stereocenters. The van der Waals surface area contributed by atoms with Crippen molar-refractivity contribution in [2.45, 2.75) is 31.8 Å². The molecule has 4 atom stereocenters. The average molecular weight is 250 g/mol. The van der Waals surface area contributed by atoms with Crippen LogP contribution in [-0.4, -0.2) is 18.2 Å². The number of fused-ring (bicyclic) bond motifs is 2. The van der Waals surface area contributed by atoms with E-state index in [-0.39, 0.29) is 5.76 Å². The van der Waals surface area contributed by atoms with E-state index in [1.165, 1.54) is 26.4 Å². The van der Waals surface area contributed by atoms with Gasteiger partial charge in [0.15, 0.2) is 0 Å². The van der Waals surface area contributed by atoms with Gasteiger partial charge in [-0.1, -0.05) is 6.42 Å². The summed E-state index contributed by atoms with van der Waals surface area (Å²) in [6, 6.07) is 3.25. The summed E-state index contributed by atoms with van der Waals surface area (Å²) in [5.74, 6) is 1.85. The second-order valence-electron chi connectivity index (χ2n) is 5.48. The summed E-state index contributed by atoms with van der Waals surface area (Å²) in [6.45, 7) is 0. The molecular formula is C14H18O4. The molecule has 18 heavy (non-hydrogen) atoms. The summed E-state index contributed by atoms with van der Waals surface area (Å²) in [5, 5.41) is 10.4. The number of rotatable bonds is 3. The Kier molecular flexibility index (Phi) is 2.90. The summed E-state index contributed by atoms with van der Waals surface area (Å²) in [4.78, 5) is 11.3. The Bertz CT molecular complexity index is 450. The fraction of sp³-hybridized carbons (Fsp3) is 0.643. The van der Waals surface area contributed by atoms with E-state index >= 15 is 0 Å². The fourth-order valence-electron chi connectivity index (χ4n) is 3.61. The largest absolute Gasteiger partial charge is 0.463 e. The van der Waals surface area contributed by atoms with Gasteiger partial charge in [-0.2, -0.15) is 0 Å². The zero-order valence-electron chi connectivity index (χ0n) is 10.5. The Morgan fingerprint density at radius 3 is 2.89 bits per heavy atom. The maximum Gasteiger partial charge on any atom is 0.373 e. The molecule has 98 valence electrons. The molecule has 2 fully saturated rings. The van der Waals surface area contributed by atoms with E-state index in [2.05, 4.69) is 4.74 Å². The zero-order chi connectivity index (χ0) is 12.7. The van der Waals surface area contributed by atoms with Crippen molar-refractivity contribution in [3.05, 3.63) is 23.7 Å². The van der Waals surface area contributed by atoms with Crippen molar-refractivity contribution < 1.29 is 19.1 Å². The molecular weight excluding hydrogens is 232 g/mol. The number of aliphatic hydroxyl groups is 1. The highest BCUT2D eigenvalue weighted by atomic mass is 16.5. The van der Waals surface area contributed by atoms with Gasteiger partial charge in [-0.05, 0) is 49.1 Å². The third-order valence-electron chi connectivity index (χ3n) is 4.50. The number of hydrogen-bond acceptors (Lipinski definition) is 4. The Hall–Kier alpha value is -1.29. The highest BCUT2D eigenvalue weighted by Gasteiger charge is 2.43. The standard InChI is InChI=1S/C14H18O4/c1-17-14(16)12-5-4-11(18-12)13(15)10-7-8-2-3-9(10)6-8/h4-5,8-10,13,15H,2-3,6-7H2,1H3. The van der Waals surface area contributed by atoms with Crippen LogP contribution in [0.15, 0.2) is 16.5 Å². The number of esters is 1. The first-order chi connectivity index (χ1) is 8.69. The third-order valence-corrected chi connectivity index (χ3v) is 4.50. The minimum atomic E-state index is -0.585. The van der Waals surface area contributed by atoms with Gasteiger partial charge in [-0.15, -0.1) is 0 Å². The molecule has 0 amide bonds. The Morgan fingerprint density at radius 1 is 1.44 bits per heavy atom. The normalized spacial score (nSPS) is 31.6. The smallest absolute Gasteiger partial charge is 0.373 e. The lowest BCUT2D eigenvalue weighted by molar-refractivity contribution is 0.0470. The van der Waals surface area contributed by atoms with Crippen LogP contribution >= 0.6 is 0 Å². The molecule has 2 aliphatic rings. The second kappa shape index (κ2) is 4.43. The maximum atomic E-state index is 11.3. The highest BCUT2D eigenvalue weighted by molar-refractivity contribution is 5.86. The molecule has 0 saturated heterocycles. The number of methoxy groups -OCH3 is 1. The molecule has 3 rings (SSSR count). The third kappa shape index (κ3) is 1.85. The van der Waals surface area contributed by atoms with Crippen molar-refractivity contribution in [2.75, 3.05) is 7.11 Å². The minimum Gasteiger partial charge on any atom is -0.463 e. The van der Waals surface area contributed by atoms with E-state index in [4.69, 9.17) is 4.42 Å². The maximum absolute atomic E-state index is 11.3. The van der Waals surface area contributed by atoms with E-state index in [1.807, 2.05) is 0 Å². The topological polar surface area (TPSA) is 59.7 Å². The van der Waals surface area contributed by atoms with E-state index < -0.39 is 12.1 Å². The van der Waals surface area contributed by atoms with Crippen molar-refractivity contribution in [2.24, 2.45) is 17.8 Å². The van der Waals surface area contributed by atoms with Crippen LogP contribution in [0.25, 0.3) is 0 Å². The summed E-state index contributed by atoms with van der Waals surface area (Å²) >= 11 is 0. The lowest BCUT2D eigenvalue weighted by atomic mass is 9.84. The average Bonchev–Trinajstić information content (AvgIpc) is 3.11. The van der Waals surface area contributed by atoms with Crippen LogP contribution in [0.5, 0.6) is 0 Å². The lowest BCUT2D eigenvalue weighted by Gasteiger charge is -2.25. The van der Waals surface area contributed by atoms with Crippen LogP contribution in [0.4, 0.5) is 0 Å². The zero-order valence-corrected chi connectivity index (χ0v) is 10.5. The Balaban J connectivity index is 1.74. The minimum absolute atomic E-state index is 0.162. The summed E-state index contributed by atoms with van der Waals surface area (Å²) in [7, 11) is 1.32. The van der Waals surface area contributed by atoms with Crippen molar-refractivity contribution in [3.8, 4) is 0 Å². The number of carbonyl (C=O) groups excluding carboxylic acids is 1. The monoisotopic (exact) mass is 250 g/mol. The van der Waals surface area contributed by atoms with Crippen LogP contribution in [0.2, 0.25) is 0 Å². The molecule has 1 heterocycles. The van der Waals surface area contributed by atoms with Gasteiger partial charge in [-0.3, -0.25) is 0 Å². The van der Waals surface area contributed by atoms with Crippen molar-refractivity contribution in [3.63, 3.8) is 0 Å². The molecule has 2 bridgehead atoms. The molecule has 0 radical (unpaired) electrons. The van der Waals surface area contributed by atoms with Gasteiger partial charge in [0, 0.05) is 0 Å². The molecule has 1 aromatic rings. The summed E-state index contributed by atoms with van der Waals surface area (Å²) in [5.41, 5.74) is 0. The van der Waals surface area contributed by atoms with Gasteiger partial charge in [0.25, 0.3) is 0 Å². The number of carbonyl (C=O) groups is 1. The number of aliphatic hydroxyl groups excluding tert-OH is 1. The molecule has 1 N–H and O–H groups in total. The highest BCUT2D eigenvalue weighted by Crippen LogP contribution is 2.52. The molecule has 2 aliphatic carbocycles. The van der Waals surface area contributed by atoms with Gasteiger partial charge in [-0.25, -0.2) is 4.79 Å². The molecule has 2 saturated carbocycles. The SMILES string of the molecule is COC(=O)c1ccc(C(O)C2CC3CCC2C3)o1. The second-order valence-corrected chi connectivity index (χ2v) is 5.48. The first-order valence-electron chi connectivity index (χ1n) is 6.55. The van der Waals surface area contributed by atoms with E-state index in [0.29, 0.717) is 17.6 Å². The Labute approximate surface area is 106 Å². The van der Waals surface area contributed by atoms with Crippen LogP contribution in [0, 0.1) is 17.8 Å². The van der Waals surface area contributed by atoms with Crippen molar-refractivity contribution in [1.82, 2.24) is 0 Å². The first kappa shape index (κ1) is 11.8. The molecule has 0 spiro atoms. The fourth-order valence-corrected chi connectivity index (χ4v) is 3.61. The van der Waals surface area contributed by atoms with Crippen molar-refractivity contribution >= 4 is 5.97 Å². The first-order valence-corrected chi connectivity index (χ1v) is 6.55. The van der Waals surface area contributed by atoms with Crippen LogP contribution < -0.4 is 0 Å². The van der Waals surface area contributed by atoms with Gasteiger partial charge >= 0.3 is 5.97 Å². The van der Waals surface area contributed by atoms with Gasteiger partial charge in [0.1, 0.15) is 11.9 Å². The quantitative estimate of drug-likeness (QED) is 0.837. The molecule has 1 aromatic heterocycles.